The van der Waals surface area contributed by atoms with Crippen molar-refractivity contribution in [2.24, 2.45) is 0 Å². The fourth-order valence-corrected chi connectivity index (χ4v) is 6.35. The maximum Gasteiger partial charge on any atom is 0.139 e. The van der Waals surface area contributed by atoms with E-state index in [0.717, 1.165) is 61.7 Å². The first-order valence-corrected chi connectivity index (χ1v) is 14.2. The molecular weight excluding hydrogens is 510 g/mol. The molecule has 10 heteroatoms. The molecule has 0 bridgehead atoms. The number of nitrogens with zero attached hydrogens (tertiary/aromatic N) is 5. The van der Waals surface area contributed by atoms with Crippen LogP contribution in [0.1, 0.15) is 30.9 Å². The molecule has 0 aromatic carbocycles. The van der Waals surface area contributed by atoms with Crippen molar-refractivity contribution in [3.63, 3.8) is 0 Å². The highest BCUT2D eigenvalue weighted by Crippen LogP contribution is 2.40. The van der Waals surface area contributed by atoms with Crippen LogP contribution in [-0.2, 0) is 14.2 Å². The lowest BCUT2D eigenvalue weighted by atomic mass is 9.94. The van der Waals surface area contributed by atoms with Crippen molar-refractivity contribution >= 4 is 34.9 Å². The Labute approximate surface area is 229 Å². The lowest BCUT2D eigenvalue weighted by Crippen LogP contribution is -2.52. The molecule has 2 aliphatic carbocycles. The summed E-state index contributed by atoms with van der Waals surface area (Å²) in [5.74, 6) is 1.43. The van der Waals surface area contributed by atoms with Crippen molar-refractivity contribution in [2.45, 2.75) is 36.5 Å². The first kappa shape index (κ1) is 26.7. The van der Waals surface area contributed by atoms with E-state index >= 15 is 0 Å². The molecule has 3 heterocycles. The van der Waals surface area contributed by atoms with E-state index in [-0.39, 0.29) is 5.92 Å². The molecule has 2 aromatic rings. The monoisotopic (exact) mass is 547 g/mol. The molecule has 0 N–H and O–H groups in total. The number of piperazine rings is 1. The molecule has 3 aliphatic rings. The van der Waals surface area contributed by atoms with Crippen molar-refractivity contribution < 1.29 is 14.2 Å². The number of fused-ring (bicyclic) bond motifs is 1. The van der Waals surface area contributed by atoms with E-state index < -0.39 is 0 Å². The zero-order valence-corrected chi connectivity index (χ0v) is 23.8. The van der Waals surface area contributed by atoms with Gasteiger partial charge >= 0.3 is 0 Å². The number of pyridine rings is 1. The molecule has 5 rings (SSSR count). The van der Waals surface area contributed by atoms with Crippen LogP contribution in [0.3, 0.4) is 0 Å². The maximum atomic E-state index is 6.49. The summed E-state index contributed by atoms with van der Waals surface area (Å²) in [6, 6.07) is 4.75. The zero-order valence-electron chi connectivity index (χ0n) is 22.2. The van der Waals surface area contributed by atoms with Gasteiger partial charge in [-0.15, -0.1) is 0 Å². The van der Waals surface area contributed by atoms with Gasteiger partial charge in [0.1, 0.15) is 17.2 Å². The van der Waals surface area contributed by atoms with Crippen LogP contribution in [0.5, 0.6) is 0 Å². The van der Waals surface area contributed by atoms with E-state index in [1.165, 1.54) is 18.5 Å². The fraction of sp³-hybridized carbons (Fsp3) is 0.593. The highest BCUT2D eigenvalue weighted by molar-refractivity contribution is 7.97. The number of aromatic nitrogens is 2. The van der Waals surface area contributed by atoms with E-state index in [1.807, 2.05) is 18.0 Å². The summed E-state index contributed by atoms with van der Waals surface area (Å²) >= 11 is 8.53. The van der Waals surface area contributed by atoms with Crippen molar-refractivity contribution in [1.82, 2.24) is 18.6 Å². The lowest BCUT2D eigenvalue weighted by Gasteiger charge is -2.41. The molecule has 1 saturated heterocycles. The number of hydrogen-bond acceptors (Lipinski definition) is 8. The van der Waals surface area contributed by atoms with Crippen LogP contribution >= 0.6 is 23.5 Å². The number of anilines is 1. The van der Waals surface area contributed by atoms with Crippen LogP contribution in [0.15, 0.2) is 47.2 Å². The fourth-order valence-electron chi connectivity index (χ4n) is 4.84. The summed E-state index contributed by atoms with van der Waals surface area (Å²) in [5.41, 5.74) is 3.07. The summed E-state index contributed by atoms with van der Waals surface area (Å²) in [4.78, 5) is 9.62. The van der Waals surface area contributed by atoms with Gasteiger partial charge in [-0.2, -0.15) is 0 Å². The van der Waals surface area contributed by atoms with Gasteiger partial charge in [-0.25, -0.2) is 9.29 Å². The van der Waals surface area contributed by atoms with E-state index in [1.54, 1.807) is 14.2 Å². The molecule has 37 heavy (non-hydrogen) atoms. The number of hydrogen-bond donors (Lipinski definition) is 0. The van der Waals surface area contributed by atoms with Crippen molar-refractivity contribution in [2.75, 3.05) is 72.6 Å². The Morgan fingerprint density at radius 3 is 2.76 bits per heavy atom. The third kappa shape index (κ3) is 6.40. The summed E-state index contributed by atoms with van der Waals surface area (Å²) in [5, 5.41) is 1.48. The first-order valence-electron chi connectivity index (χ1n) is 13.0. The lowest BCUT2D eigenvalue weighted by molar-refractivity contribution is 0.0778. The number of imidazole rings is 1. The predicted molar refractivity (Wildman–Crippen MR) is 150 cm³/mol. The predicted octanol–water partition coefficient (Wildman–Crippen LogP) is 4.33. The van der Waals surface area contributed by atoms with E-state index in [9.17, 15) is 0 Å². The third-order valence-electron chi connectivity index (χ3n) is 7.14. The minimum absolute atomic E-state index is 0.0357. The number of halogens is 1. The number of allylic oxidation sites excluding steroid dienone is 3. The molecule has 2 atom stereocenters. The minimum atomic E-state index is -0.0357. The minimum Gasteiger partial charge on any atom is -0.500 e. The molecule has 1 saturated carbocycles. The Kier molecular flexibility index (Phi) is 8.56. The maximum absolute atomic E-state index is 6.49. The molecule has 2 aromatic heterocycles. The van der Waals surface area contributed by atoms with Crippen LogP contribution in [-0.4, -0.2) is 97.6 Å². The van der Waals surface area contributed by atoms with E-state index in [0.29, 0.717) is 23.3 Å². The summed E-state index contributed by atoms with van der Waals surface area (Å²) in [6.45, 7) is 5.44. The van der Waals surface area contributed by atoms with Gasteiger partial charge in [0.05, 0.1) is 50.1 Å². The largest absolute Gasteiger partial charge is 0.500 e. The average molecular weight is 548 g/mol. The van der Waals surface area contributed by atoms with Gasteiger partial charge in [0.2, 0.25) is 0 Å². The average Bonchev–Trinajstić information content (AvgIpc) is 3.61. The molecule has 202 valence electrons. The second-order valence-electron chi connectivity index (χ2n) is 10.2. The van der Waals surface area contributed by atoms with Crippen molar-refractivity contribution in [3.8, 4) is 0 Å². The van der Waals surface area contributed by atoms with Gasteiger partial charge < -0.3 is 28.4 Å². The first-order chi connectivity index (χ1) is 17.9. The number of ether oxygens (including phenoxy) is 3. The van der Waals surface area contributed by atoms with Gasteiger partial charge in [-0.05, 0) is 33.0 Å². The van der Waals surface area contributed by atoms with Gasteiger partial charge in [0.15, 0.2) is 0 Å². The normalized spacial score (nSPS) is 23.2. The molecule has 1 aliphatic heterocycles. The van der Waals surface area contributed by atoms with Crippen LogP contribution in [0.25, 0.3) is 5.65 Å². The van der Waals surface area contributed by atoms with Crippen LogP contribution < -0.4 is 4.90 Å². The Morgan fingerprint density at radius 2 is 2.03 bits per heavy atom. The number of methoxy groups -OCH3 is 2. The summed E-state index contributed by atoms with van der Waals surface area (Å²) in [6.07, 6.45) is 9.33. The van der Waals surface area contributed by atoms with Gasteiger partial charge in [0.25, 0.3) is 0 Å². The molecule has 0 spiro atoms. The Balaban J connectivity index is 1.30. The second-order valence-corrected chi connectivity index (χ2v) is 12.0. The Bertz CT molecular complexity index is 1150. The molecular formula is C27H38ClN5O3S. The molecule has 2 fully saturated rings. The van der Waals surface area contributed by atoms with E-state index in [4.69, 9.17) is 30.8 Å². The quantitative estimate of drug-likeness (QED) is 0.304. The van der Waals surface area contributed by atoms with Gasteiger partial charge in [-0.3, -0.25) is 0 Å². The highest BCUT2D eigenvalue weighted by Gasteiger charge is 2.34. The smallest absolute Gasteiger partial charge is 0.139 e. The van der Waals surface area contributed by atoms with Crippen LogP contribution in [0.2, 0.25) is 0 Å². The standard InChI is InChI=1S/C27H38ClN5O3S/c1-30(2)11-12-36-18-20-16-31(9-10-33(20)37-21-5-6-21)19-7-8-32-17-24(29-27(32)13-19)22-14-23(28)26(35-4)15-25(22)34-3/h7-8,13,15,17,20-22H,5-6,9-12,14,16,18H2,1-4H3. The SMILES string of the molecule is COC1=CC(OC)=C(Cl)CC1c1cn2ccc(N3CCN(SC4CC4)C(COCCN(C)C)C3)cc2n1. The summed E-state index contributed by atoms with van der Waals surface area (Å²) in [7, 11) is 7.47. The summed E-state index contributed by atoms with van der Waals surface area (Å²) < 4.78 is 21.8. The van der Waals surface area contributed by atoms with Crippen molar-refractivity contribution in [1.29, 1.82) is 0 Å². The van der Waals surface area contributed by atoms with E-state index in [2.05, 4.69) is 57.1 Å². The Morgan fingerprint density at radius 1 is 1.19 bits per heavy atom. The topological polar surface area (TPSA) is 54.7 Å². The van der Waals surface area contributed by atoms with Gasteiger partial charge in [0, 0.05) is 68.1 Å². The second kappa shape index (κ2) is 11.9. The van der Waals surface area contributed by atoms with Crippen LogP contribution in [0, 0.1) is 0 Å². The van der Waals surface area contributed by atoms with Crippen molar-refractivity contribution in [3.05, 3.63) is 52.8 Å². The number of rotatable bonds is 11. The molecule has 0 radical (unpaired) electrons. The molecule has 8 nitrogen and oxygen atoms in total. The third-order valence-corrected chi connectivity index (χ3v) is 9.00. The Hall–Kier alpha value is -1.91. The zero-order chi connectivity index (χ0) is 25.9. The molecule has 2 unspecified atom stereocenters. The number of likely N-dealkylation sites (N-methyl/N-ethyl adjacent to an activating group) is 1. The van der Waals surface area contributed by atoms with Crippen LogP contribution in [0.4, 0.5) is 5.69 Å². The molecule has 0 amide bonds. The van der Waals surface area contributed by atoms with Gasteiger partial charge in [-0.1, -0.05) is 23.5 Å². The highest BCUT2D eigenvalue weighted by atomic mass is 35.5.